The summed E-state index contributed by atoms with van der Waals surface area (Å²) in [6.45, 7) is 4.96. The highest BCUT2D eigenvalue weighted by Gasteiger charge is 2.34. The number of hydrogen-bond donors (Lipinski definition) is 0. The highest BCUT2D eigenvalue weighted by molar-refractivity contribution is 6.14. The summed E-state index contributed by atoms with van der Waals surface area (Å²) in [5.41, 5.74) is 0.711. The monoisotopic (exact) mass is 590 g/mol. The molecule has 2 fully saturated rings. The largest absolute Gasteiger partial charge is 0.463 e. The number of nitrogens with zero attached hydrogens (tertiary/aromatic N) is 6. The van der Waals surface area contributed by atoms with E-state index in [1.807, 2.05) is 11.9 Å². The molecule has 0 bridgehead atoms. The summed E-state index contributed by atoms with van der Waals surface area (Å²) in [5.74, 6) is -3.00. The molecule has 12 heteroatoms. The van der Waals surface area contributed by atoms with Crippen molar-refractivity contribution in [3.05, 3.63) is 60.6 Å². The Morgan fingerprint density at radius 3 is 2.67 bits per heavy atom. The maximum Gasteiger partial charge on any atom is 0.319 e. The highest BCUT2D eigenvalue weighted by atomic mass is 19.1. The first-order valence-corrected chi connectivity index (χ1v) is 14.0. The number of benzene rings is 2. The molecule has 0 aliphatic carbocycles. The summed E-state index contributed by atoms with van der Waals surface area (Å²) in [4.78, 5) is 27.3. The van der Waals surface area contributed by atoms with E-state index in [1.165, 1.54) is 29.4 Å². The Balaban J connectivity index is 1.49. The van der Waals surface area contributed by atoms with Gasteiger partial charge in [-0.2, -0.15) is 15.2 Å². The highest BCUT2D eigenvalue weighted by Crippen LogP contribution is 2.41. The number of fused-ring (bicyclic) bond motifs is 3. The topological polar surface area (TPSA) is 98.7 Å². The van der Waals surface area contributed by atoms with Crippen molar-refractivity contribution in [3.63, 3.8) is 0 Å². The van der Waals surface area contributed by atoms with E-state index >= 15 is 0 Å². The van der Waals surface area contributed by atoms with Gasteiger partial charge in [-0.05, 0) is 50.7 Å². The number of carbonyl (C=O) groups is 1. The fraction of sp³-hybridized carbons (Fsp3) is 0.355. The molecule has 43 heavy (non-hydrogen) atoms. The van der Waals surface area contributed by atoms with Crippen LogP contribution >= 0.6 is 0 Å². The second-order valence-corrected chi connectivity index (χ2v) is 10.9. The standard InChI is InChI=1S/C31H29F3N6O3/c1-18(32)30(41)40-13-12-39(16-19(40)8-10-35)29-27-25(36-31(37-29)43-17-20-5-4-11-38(20)2)15-22(21-9-14-42-28(21)27)26-23(33)6-3-7-24(26)34/h3,6-7,9,14-15,19-20H,1,4-5,8,11-13,16-17H2,2H3/t19-,20-/m0/s1. The van der Waals surface area contributed by atoms with Gasteiger partial charge in [-0.1, -0.05) is 12.6 Å². The van der Waals surface area contributed by atoms with Crippen molar-refractivity contribution in [1.82, 2.24) is 19.8 Å². The lowest BCUT2D eigenvalue weighted by atomic mass is 9.98. The van der Waals surface area contributed by atoms with Crippen molar-refractivity contribution in [2.45, 2.75) is 31.3 Å². The summed E-state index contributed by atoms with van der Waals surface area (Å²) in [7, 11) is 2.03. The van der Waals surface area contributed by atoms with Crippen LogP contribution < -0.4 is 9.64 Å². The van der Waals surface area contributed by atoms with Crippen molar-refractivity contribution in [1.29, 1.82) is 5.26 Å². The third-order valence-electron chi connectivity index (χ3n) is 8.27. The van der Waals surface area contributed by atoms with E-state index in [-0.39, 0.29) is 49.2 Å². The van der Waals surface area contributed by atoms with Crippen molar-refractivity contribution in [2.24, 2.45) is 0 Å². The molecular formula is C31H29F3N6O3. The molecule has 0 radical (unpaired) electrons. The number of likely N-dealkylation sites (tertiary alicyclic amines) is 1. The normalized spacial score (nSPS) is 19.2. The molecule has 2 saturated heterocycles. The van der Waals surface area contributed by atoms with Gasteiger partial charge in [0.2, 0.25) is 0 Å². The molecule has 0 unspecified atom stereocenters. The van der Waals surface area contributed by atoms with E-state index in [0.717, 1.165) is 19.4 Å². The molecular weight excluding hydrogens is 561 g/mol. The van der Waals surface area contributed by atoms with Gasteiger partial charge in [-0.15, -0.1) is 0 Å². The zero-order valence-corrected chi connectivity index (χ0v) is 23.5. The fourth-order valence-corrected chi connectivity index (χ4v) is 6.06. The second-order valence-electron chi connectivity index (χ2n) is 10.9. The number of anilines is 1. The fourth-order valence-electron chi connectivity index (χ4n) is 6.06. The Morgan fingerprint density at radius 2 is 1.98 bits per heavy atom. The number of halogens is 3. The van der Waals surface area contributed by atoms with E-state index in [9.17, 15) is 23.2 Å². The Bertz CT molecular complexity index is 1750. The number of aromatic nitrogens is 2. The molecule has 1 amide bonds. The third kappa shape index (κ3) is 5.25. The summed E-state index contributed by atoms with van der Waals surface area (Å²) < 4.78 is 55.8. The predicted molar refractivity (Wildman–Crippen MR) is 154 cm³/mol. The molecule has 4 aromatic rings. The molecule has 9 nitrogen and oxygen atoms in total. The Hall–Kier alpha value is -4.63. The third-order valence-corrected chi connectivity index (χ3v) is 8.27. The van der Waals surface area contributed by atoms with E-state index in [4.69, 9.17) is 14.1 Å². The molecule has 2 aromatic heterocycles. The maximum atomic E-state index is 15.0. The zero-order valence-electron chi connectivity index (χ0n) is 23.5. The van der Waals surface area contributed by atoms with Gasteiger partial charge in [0.15, 0.2) is 5.83 Å². The van der Waals surface area contributed by atoms with Gasteiger partial charge in [-0.25, -0.2) is 13.2 Å². The summed E-state index contributed by atoms with van der Waals surface area (Å²) >= 11 is 0. The predicted octanol–water partition coefficient (Wildman–Crippen LogP) is 5.21. The second kappa shape index (κ2) is 11.6. The van der Waals surface area contributed by atoms with Crippen LogP contribution in [0.15, 0.2) is 53.4 Å². The summed E-state index contributed by atoms with van der Waals surface area (Å²) in [6, 6.07) is 8.58. The van der Waals surface area contributed by atoms with Crippen LogP contribution in [-0.2, 0) is 4.79 Å². The minimum Gasteiger partial charge on any atom is -0.463 e. The Morgan fingerprint density at radius 1 is 1.19 bits per heavy atom. The van der Waals surface area contributed by atoms with E-state index in [0.29, 0.717) is 34.3 Å². The number of furan rings is 1. The van der Waals surface area contributed by atoms with Gasteiger partial charge in [0, 0.05) is 36.6 Å². The van der Waals surface area contributed by atoms with Crippen molar-refractivity contribution < 1.29 is 27.1 Å². The number of amides is 1. The summed E-state index contributed by atoms with van der Waals surface area (Å²) in [5, 5.41) is 10.4. The van der Waals surface area contributed by atoms with Gasteiger partial charge >= 0.3 is 6.01 Å². The van der Waals surface area contributed by atoms with Crippen molar-refractivity contribution >= 4 is 33.6 Å². The number of hydrogen-bond acceptors (Lipinski definition) is 8. The van der Waals surface area contributed by atoms with Crippen LogP contribution in [0.2, 0.25) is 0 Å². The maximum absolute atomic E-state index is 15.0. The average Bonchev–Trinajstić information content (AvgIpc) is 3.64. The average molecular weight is 591 g/mol. The molecule has 2 aromatic carbocycles. The molecule has 0 spiro atoms. The van der Waals surface area contributed by atoms with E-state index < -0.39 is 29.4 Å². The molecule has 2 atom stereocenters. The van der Waals surface area contributed by atoms with E-state index in [2.05, 4.69) is 22.5 Å². The SMILES string of the molecule is C=C(F)C(=O)N1CCN(c2nc(OC[C@@H]3CCCN3C)nc3cc(-c4c(F)cccc4F)c4ccoc4c23)C[C@@H]1CC#N. The molecule has 2 aliphatic heterocycles. The van der Waals surface area contributed by atoms with Gasteiger partial charge < -0.3 is 23.9 Å². The lowest BCUT2D eigenvalue weighted by molar-refractivity contribution is -0.131. The molecule has 4 heterocycles. The molecule has 2 aliphatic rings. The van der Waals surface area contributed by atoms with Crippen LogP contribution in [0.4, 0.5) is 19.0 Å². The van der Waals surface area contributed by atoms with Crippen LogP contribution in [0.25, 0.3) is 33.0 Å². The number of carbonyl (C=O) groups excluding carboxylic acids is 1. The smallest absolute Gasteiger partial charge is 0.319 e. The molecule has 6 rings (SSSR count). The van der Waals surface area contributed by atoms with Crippen LogP contribution in [-0.4, -0.2) is 77.6 Å². The van der Waals surface area contributed by atoms with Crippen LogP contribution in [0, 0.1) is 23.0 Å². The Kier molecular flexibility index (Phi) is 7.66. The van der Waals surface area contributed by atoms with Crippen molar-refractivity contribution in [3.8, 4) is 23.2 Å². The number of likely N-dealkylation sites (N-methyl/N-ethyl adjacent to an activating group) is 1. The van der Waals surface area contributed by atoms with Gasteiger partial charge in [0.1, 0.15) is 29.6 Å². The number of ether oxygens (including phenoxy) is 1. The summed E-state index contributed by atoms with van der Waals surface area (Å²) in [6.07, 6.45) is 3.41. The first-order chi connectivity index (χ1) is 20.8. The first-order valence-electron chi connectivity index (χ1n) is 14.0. The van der Waals surface area contributed by atoms with Crippen molar-refractivity contribution in [2.75, 3.05) is 44.7 Å². The molecule has 0 N–H and O–H groups in total. The van der Waals surface area contributed by atoms with Gasteiger partial charge in [0.05, 0.1) is 41.3 Å². The lowest BCUT2D eigenvalue weighted by Crippen LogP contribution is -2.55. The number of rotatable bonds is 7. The molecule has 0 saturated carbocycles. The van der Waals surface area contributed by atoms with Crippen LogP contribution in [0.5, 0.6) is 6.01 Å². The zero-order chi connectivity index (χ0) is 30.2. The first kappa shape index (κ1) is 28.5. The minimum atomic E-state index is -1.10. The minimum absolute atomic E-state index is 0.0389. The quantitative estimate of drug-likeness (QED) is 0.271. The Labute approximate surface area is 245 Å². The van der Waals surface area contributed by atoms with Crippen LogP contribution in [0.1, 0.15) is 19.3 Å². The number of nitriles is 1. The number of piperazine rings is 1. The van der Waals surface area contributed by atoms with E-state index in [1.54, 1.807) is 12.1 Å². The van der Waals surface area contributed by atoms with Gasteiger partial charge in [0.25, 0.3) is 5.91 Å². The lowest BCUT2D eigenvalue weighted by Gasteiger charge is -2.41. The molecule has 222 valence electrons. The van der Waals surface area contributed by atoms with Gasteiger partial charge in [-0.3, -0.25) is 4.79 Å². The van der Waals surface area contributed by atoms with Crippen LogP contribution in [0.3, 0.4) is 0 Å².